The lowest BCUT2D eigenvalue weighted by molar-refractivity contribution is 0.0940. The molecule has 1 aliphatic heterocycles. The van der Waals surface area contributed by atoms with Crippen LogP contribution in [-0.4, -0.2) is 47.5 Å². The number of pyridine rings is 1. The molecule has 2 aromatic rings. The molecule has 1 fully saturated rings. The SMILES string of the molecule is CN(C)c1ccc(C(=O)Nc2cnn(C[C@H]3CCCO3)c2)cn1. The summed E-state index contributed by atoms with van der Waals surface area (Å²) >= 11 is 0. The Hall–Kier alpha value is -2.41. The monoisotopic (exact) mass is 315 g/mol. The van der Waals surface area contributed by atoms with Gasteiger partial charge in [-0.3, -0.25) is 9.48 Å². The Morgan fingerprint density at radius 2 is 2.30 bits per heavy atom. The number of nitrogens with one attached hydrogen (secondary N) is 1. The van der Waals surface area contributed by atoms with E-state index in [4.69, 9.17) is 4.74 Å². The van der Waals surface area contributed by atoms with Crippen molar-refractivity contribution in [2.75, 3.05) is 30.9 Å². The van der Waals surface area contributed by atoms with Gasteiger partial charge < -0.3 is 15.0 Å². The van der Waals surface area contributed by atoms with Gasteiger partial charge in [-0.05, 0) is 25.0 Å². The van der Waals surface area contributed by atoms with Gasteiger partial charge in [0.05, 0.1) is 30.1 Å². The van der Waals surface area contributed by atoms with Gasteiger partial charge >= 0.3 is 0 Å². The van der Waals surface area contributed by atoms with Gasteiger partial charge in [0.1, 0.15) is 5.82 Å². The maximum atomic E-state index is 12.2. The number of rotatable bonds is 5. The number of carbonyl (C=O) groups is 1. The molecule has 2 aromatic heterocycles. The van der Waals surface area contributed by atoms with E-state index in [1.54, 1.807) is 23.1 Å². The first-order valence-corrected chi connectivity index (χ1v) is 7.70. The number of carbonyl (C=O) groups excluding carboxylic acids is 1. The zero-order valence-corrected chi connectivity index (χ0v) is 13.4. The van der Waals surface area contributed by atoms with Gasteiger partial charge in [-0.15, -0.1) is 0 Å². The summed E-state index contributed by atoms with van der Waals surface area (Å²) in [6.07, 6.45) is 7.43. The van der Waals surface area contributed by atoms with Crippen molar-refractivity contribution in [2.45, 2.75) is 25.5 Å². The van der Waals surface area contributed by atoms with E-state index in [2.05, 4.69) is 15.4 Å². The number of aromatic nitrogens is 3. The molecule has 7 heteroatoms. The van der Waals surface area contributed by atoms with Crippen molar-refractivity contribution < 1.29 is 9.53 Å². The molecule has 1 saturated heterocycles. The summed E-state index contributed by atoms with van der Waals surface area (Å²) in [5.74, 6) is 0.616. The Labute approximate surface area is 135 Å². The molecule has 1 aliphatic rings. The molecule has 1 N–H and O–H groups in total. The van der Waals surface area contributed by atoms with Gasteiger partial charge in [0.2, 0.25) is 0 Å². The highest BCUT2D eigenvalue weighted by atomic mass is 16.5. The normalized spacial score (nSPS) is 17.2. The molecule has 0 spiro atoms. The van der Waals surface area contributed by atoms with Gasteiger partial charge in [-0.2, -0.15) is 5.10 Å². The first kappa shape index (κ1) is 15.5. The van der Waals surface area contributed by atoms with Crippen molar-refractivity contribution in [3.8, 4) is 0 Å². The van der Waals surface area contributed by atoms with Gasteiger partial charge in [0.25, 0.3) is 5.91 Å². The van der Waals surface area contributed by atoms with E-state index in [1.807, 2.05) is 31.3 Å². The summed E-state index contributed by atoms with van der Waals surface area (Å²) in [5.41, 5.74) is 1.19. The maximum Gasteiger partial charge on any atom is 0.257 e. The highest BCUT2D eigenvalue weighted by molar-refractivity contribution is 6.04. The largest absolute Gasteiger partial charge is 0.376 e. The Balaban J connectivity index is 1.60. The number of hydrogen-bond acceptors (Lipinski definition) is 5. The van der Waals surface area contributed by atoms with Crippen molar-refractivity contribution in [2.24, 2.45) is 0 Å². The summed E-state index contributed by atoms with van der Waals surface area (Å²) in [7, 11) is 3.81. The number of anilines is 2. The van der Waals surface area contributed by atoms with E-state index in [9.17, 15) is 4.79 Å². The fraction of sp³-hybridized carbons (Fsp3) is 0.438. The van der Waals surface area contributed by atoms with E-state index >= 15 is 0 Å². The molecule has 1 amide bonds. The van der Waals surface area contributed by atoms with Crippen LogP contribution in [0, 0.1) is 0 Å². The molecule has 7 nitrogen and oxygen atoms in total. The number of ether oxygens (including phenoxy) is 1. The number of nitrogens with zero attached hydrogens (tertiary/aromatic N) is 4. The molecular formula is C16H21N5O2. The third-order valence-electron chi connectivity index (χ3n) is 3.77. The minimum absolute atomic E-state index is 0.195. The molecule has 0 saturated carbocycles. The van der Waals surface area contributed by atoms with Crippen LogP contribution in [0.25, 0.3) is 0 Å². The fourth-order valence-electron chi connectivity index (χ4n) is 2.51. The minimum Gasteiger partial charge on any atom is -0.376 e. The van der Waals surface area contributed by atoms with Crippen LogP contribution < -0.4 is 10.2 Å². The quantitative estimate of drug-likeness (QED) is 0.910. The minimum atomic E-state index is -0.195. The molecule has 0 aliphatic carbocycles. The van der Waals surface area contributed by atoms with Crippen molar-refractivity contribution in [3.63, 3.8) is 0 Å². The second-order valence-corrected chi connectivity index (χ2v) is 5.84. The molecule has 122 valence electrons. The molecule has 0 aromatic carbocycles. The third kappa shape index (κ3) is 3.87. The van der Waals surface area contributed by atoms with E-state index in [1.165, 1.54) is 0 Å². The number of hydrogen-bond donors (Lipinski definition) is 1. The molecule has 0 unspecified atom stereocenters. The predicted octanol–water partition coefficient (Wildman–Crippen LogP) is 1.78. The highest BCUT2D eigenvalue weighted by Crippen LogP contribution is 2.15. The van der Waals surface area contributed by atoms with Crippen LogP contribution in [0.5, 0.6) is 0 Å². The van der Waals surface area contributed by atoms with Crippen molar-refractivity contribution in [1.82, 2.24) is 14.8 Å². The van der Waals surface area contributed by atoms with Gasteiger partial charge in [0, 0.05) is 33.1 Å². The van der Waals surface area contributed by atoms with E-state index < -0.39 is 0 Å². The van der Waals surface area contributed by atoms with Crippen LogP contribution in [0.4, 0.5) is 11.5 Å². The van der Waals surface area contributed by atoms with E-state index in [-0.39, 0.29) is 12.0 Å². The third-order valence-corrected chi connectivity index (χ3v) is 3.77. The molecule has 0 bridgehead atoms. The van der Waals surface area contributed by atoms with E-state index in [0.29, 0.717) is 11.3 Å². The summed E-state index contributed by atoms with van der Waals surface area (Å²) < 4.78 is 7.39. The summed E-state index contributed by atoms with van der Waals surface area (Å²) in [5, 5.41) is 7.10. The average Bonchev–Trinajstić information content (AvgIpc) is 3.20. The molecular weight excluding hydrogens is 294 g/mol. The zero-order valence-electron chi connectivity index (χ0n) is 13.4. The summed E-state index contributed by atoms with van der Waals surface area (Å²) in [6, 6.07) is 3.57. The van der Waals surface area contributed by atoms with Crippen molar-refractivity contribution in [1.29, 1.82) is 0 Å². The summed E-state index contributed by atoms with van der Waals surface area (Å²) in [4.78, 5) is 18.4. The lowest BCUT2D eigenvalue weighted by Crippen LogP contribution is -2.15. The second kappa shape index (κ2) is 6.78. The first-order valence-electron chi connectivity index (χ1n) is 7.70. The highest BCUT2D eigenvalue weighted by Gasteiger charge is 2.16. The Morgan fingerprint density at radius 1 is 1.43 bits per heavy atom. The average molecular weight is 315 g/mol. The Morgan fingerprint density at radius 3 is 2.96 bits per heavy atom. The van der Waals surface area contributed by atoms with Crippen LogP contribution >= 0.6 is 0 Å². The fourth-order valence-corrected chi connectivity index (χ4v) is 2.51. The van der Waals surface area contributed by atoms with Crippen LogP contribution in [0.15, 0.2) is 30.7 Å². The lowest BCUT2D eigenvalue weighted by Gasteiger charge is -2.11. The van der Waals surface area contributed by atoms with Crippen LogP contribution in [-0.2, 0) is 11.3 Å². The topological polar surface area (TPSA) is 72.3 Å². The van der Waals surface area contributed by atoms with Gasteiger partial charge in [-0.25, -0.2) is 4.98 Å². The smallest absolute Gasteiger partial charge is 0.257 e. The van der Waals surface area contributed by atoms with Crippen LogP contribution in [0.2, 0.25) is 0 Å². The Kier molecular flexibility index (Phi) is 4.57. The summed E-state index contributed by atoms with van der Waals surface area (Å²) in [6.45, 7) is 1.54. The van der Waals surface area contributed by atoms with Crippen molar-refractivity contribution >= 4 is 17.4 Å². The zero-order chi connectivity index (χ0) is 16.2. The van der Waals surface area contributed by atoms with Crippen molar-refractivity contribution in [3.05, 3.63) is 36.3 Å². The van der Waals surface area contributed by atoms with E-state index in [0.717, 1.165) is 31.8 Å². The molecule has 3 rings (SSSR count). The van der Waals surface area contributed by atoms with Gasteiger partial charge in [0.15, 0.2) is 0 Å². The second-order valence-electron chi connectivity index (χ2n) is 5.84. The van der Waals surface area contributed by atoms with Crippen LogP contribution in [0.1, 0.15) is 23.2 Å². The molecule has 3 heterocycles. The lowest BCUT2D eigenvalue weighted by atomic mass is 10.2. The molecule has 0 radical (unpaired) electrons. The maximum absolute atomic E-state index is 12.2. The molecule has 23 heavy (non-hydrogen) atoms. The predicted molar refractivity (Wildman–Crippen MR) is 87.7 cm³/mol. The standard InChI is InChI=1S/C16H21N5O2/c1-20(2)15-6-5-12(8-17-15)16(22)19-13-9-18-21(10-13)11-14-4-3-7-23-14/h5-6,8-10,14H,3-4,7,11H2,1-2H3,(H,19,22)/t14-/m1/s1. The first-order chi connectivity index (χ1) is 11.1. The molecule has 1 atom stereocenters. The Bertz CT molecular complexity index is 659. The number of amides is 1. The van der Waals surface area contributed by atoms with Crippen LogP contribution in [0.3, 0.4) is 0 Å². The van der Waals surface area contributed by atoms with Gasteiger partial charge in [-0.1, -0.05) is 0 Å².